The lowest BCUT2D eigenvalue weighted by Gasteiger charge is -2.58. The zero-order valence-electron chi connectivity index (χ0n) is 10.8. The summed E-state index contributed by atoms with van der Waals surface area (Å²) < 4.78 is 36.4. The van der Waals surface area contributed by atoms with Crippen LogP contribution in [0.15, 0.2) is 29.2 Å². The standard InChI is InChI=1S/C14H15FO4S/c15-10-2-4-11(5-3-10)20(18,19)14(12(16)17)8-13(9-14)6-1-7-13/h2-5H,1,6-9H2,(H,16,17). The summed E-state index contributed by atoms with van der Waals surface area (Å²) in [5.41, 5.74) is -0.0918. The van der Waals surface area contributed by atoms with E-state index < -0.39 is 26.4 Å². The second kappa shape index (κ2) is 4.04. The van der Waals surface area contributed by atoms with Crippen molar-refractivity contribution in [3.05, 3.63) is 30.1 Å². The zero-order chi connectivity index (χ0) is 14.6. The molecule has 2 aliphatic rings. The summed E-state index contributed by atoms with van der Waals surface area (Å²) in [7, 11) is -3.99. The van der Waals surface area contributed by atoms with Gasteiger partial charge < -0.3 is 5.11 Å². The predicted octanol–water partition coefficient (Wildman–Crippen LogP) is 2.39. The van der Waals surface area contributed by atoms with Gasteiger partial charge in [0.05, 0.1) is 4.90 Å². The first-order chi connectivity index (χ1) is 9.31. The van der Waals surface area contributed by atoms with E-state index in [1.165, 1.54) is 0 Å². The summed E-state index contributed by atoms with van der Waals surface area (Å²) in [6.07, 6.45) is 3.19. The maximum absolute atomic E-state index is 12.9. The largest absolute Gasteiger partial charge is 0.480 e. The molecule has 3 rings (SSSR count). The third-order valence-corrected chi connectivity index (χ3v) is 7.15. The number of carboxylic acid groups (broad SMARTS) is 1. The maximum Gasteiger partial charge on any atom is 0.325 e. The fourth-order valence-corrected chi connectivity index (χ4v) is 5.65. The first-order valence-corrected chi connectivity index (χ1v) is 8.03. The molecule has 0 aromatic heterocycles. The fraction of sp³-hybridized carbons (Fsp3) is 0.500. The van der Waals surface area contributed by atoms with Crippen molar-refractivity contribution in [2.45, 2.75) is 41.7 Å². The predicted molar refractivity (Wildman–Crippen MR) is 69.5 cm³/mol. The van der Waals surface area contributed by atoms with Crippen molar-refractivity contribution in [3.63, 3.8) is 0 Å². The Morgan fingerprint density at radius 1 is 1.15 bits per heavy atom. The Bertz CT molecular complexity index is 651. The summed E-state index contributed by atoms with van der Waals surface area (Å²) in [4.78, 5) is 11.4. The quantitative estimate of drug-likeness (QED) is 0.870. The van der Waals surface area contributed by atoms with E-state index in [1.807, 2.05) is 0 Å². The number of rotatable bonds is 3. The highest BCUT2D eigenvalue weighted by Gasteiger charge is 2.67. The van der Waals surface area contributed by atoms with Crippen molar-refractivity contribution in [3.8, 4) is 0 Å². The van der Waals surface area contributed by atoms with Crippen LogP contribution in [-0.2, 0) is 14.6 Å². The number of carbonyl (C=O) groups is 1. The van der Waals surface area contributed by atoms with E-state index in [1.54, 1.807) is 0 Å². The second-order valence-corrected chi connectivity index (χ2v) is 8.22. The third kappa shape index (κ3) is 1.63. The van der Waals surface area contributed by atoms with Gasteiger partial charge in [0, 0.05) is 0 Å². The van der Waals surface area contributed by atoms with Gasteiger partial charge in [0.15, 0.2) is 14.6 Å². The topological polar surface area (TPSA) is 71.4 Å². The molecule has 1 N–H and O–H groups in total. The van der Waals surface area contributed by atoms with Crippen LogP contribution in [-0.4, -0.2) is 24.2 Å². The molecule has 0 atom stereocenters. The lowest BCUT2D eigenvalue weighted by atomic mass is 9.51. The van der Waals surface area contributed by atoms with Crippen LogP contribution in [0.1, 0.15) is 32.1 Å². The average Bonchev–Trinajstić information content (AvgIpc) is 2.25. The first-order valence-electron chi connectivity index (χ1n) is 6.55. The normalized spacial score (nSPS) is 22.9. The minimum absolute atomic E-state index is 0.0918. The molecule has 0 bridgehead atoms. The number of benzene rings is 1. The van der Waals surface area contributed by atoms with Gasteiger partial charge in [0.2, 0.25) is 0 Å². The van der Waals surface area contributed by atoms with Gasteiger partial charge in [-0.05, 0) is 55.4 Å². The Kier molecular flexibility index (Phi) is 2.73. The summed E-state index contributed by atoms with van der Waals surface area (Å²) in [5, 5.41) is 9.43. The van der Waals surface area contributed by atoms with E-state index in [0.717, 1.165) is 43.5 Å². The van der Waals surface area contributed by atoms with Crippen molar-refractivity contribution in [1.29, 1.82) is 0 Å². The van der Waals surface area contributed by atoms with Crippen molar-refractivity contribution in [1.82, 2.24) is 0 Å². The minimum Gasteiger partial charge on any atom is -0.480 e. The Morgan fingerprint density at radius 2 is 1.70 bits per heavy atom. The van der Waals surface area contributed by atoms with Gasteiger partial charge in [-0.25, -0.2) is 12.8 Å². The highest BCUT2D eigenvalue weighted by molar-refractivity contribution is 7.93. The molecule has 108 valence electrons. The summed E-state index contributed by atoms with van der Waals surface area (Å²) in [5.74, 6) is -1.84. The van der Waals surface area contributed by atoms with E-state index in [0.29, 0.717) is 0 Å². The van der Waals surface area contributed by atoms with Crippen LogP contribution in [0.25, 0.3) is 0 Å². The molecule has 4 nitrogen and oxygen atoms in total. The van der Waals surface area contributed by atoms with Crippen LogP contribution < -0.4 is 0 Å². The van der Waals surface area contributed by atoms with Gasteiger partial charge in [-0.3, -0.25) is 4.79 Å². The molecule has 0 radical (unpaired) electrons. The van der Waals surface area contributed by atoms with Gasteiger partial charge in [-0.15, -0.1) is 0 Å². The van der Waals surface area contributed by atoms with Gasteiger partial charge in [0.1, 0.15) is 5.82 Å². The van der Waals surface area contributed by atoms with E-state index in [9.17, 15) is 22.7 Å². The van der Waals surface area contributed by atoms with Crippen molar-refractivity contribution < 1.29 is 22.7 Å². The van der Waals surface area contributed by atoms with Crippen molar-refractivity contribution in [2.75, 3.05) is 0 Å². The SMILES string of the molecule is O=C(O)C1(S(=O)(=O)c2ccc(F)cc2)CC2(CCC2)C1. The van der Waals surface area contributed by atoms with Crippen LogP contribution in [0.4, 0.5) is 4.39 Å². The monoisotopic (exact) mass is 298 g/mol. The van der Waals surface area contributed by atoms with Crippen LogP contribution in [0.3, 0.4) is 0 Å². The number of sulfone groups is 1. The van der Waals surface area contributed by atoms with E-state index in [2.05, 4.69) is 0 Å². The Balaban J connectivity index is 2.00. The Morgan fingerprint density at radius 3 is 2.10 bits per heavy atom. The minimum atomic E-state index is -3.99. The smallest absolute Gasteiger partial charge is 0.325 e. The van der Waals surface area contributed by atoms with Crippen LogP contribution in [0, 0.1) is 11.2 Å². The second-order valence-electron chi connectivity index (χ2n) is 5.96. The molecule has 2 aliphatic carbocycles. The fourth-order valence-electron chi connectivity index (χ4n) is 3.49. The number of hydrogen-bond acceptors (Lipinski definition) is 3. The molecular weight excluding hydrogens is 283 g/mol. The van der Waals surface area contributed by atoms with E-state index in [-0.39, 0.29) is 23.2 Å². The summed E-state index contributed by atoms with van der Waals surface area (Å²) in [6.45, 7) is 0. The molecular formula is C14H15FO4S. The highest BCUT2D eigenvalue weighted by atomic mass is 32.2. The van der Waals surface area contributed by atoms with E-state index >= 15 is 0 Å². The van der Waals surface area contributed by atoms with Crippen molar-refractivity contribution >= 4 is 15.8 Å². The summed E-state index contributed by atoms with van der Waals surface area (Å²) in [6, 6.07) is 4.36. The van der Waals surface area contributed by atoms with Gasteiger partial charge in [0.25, 0.3) is 0 Å². The average molecular weight is 298 g/mol. The molecule has 0 amide bonds. The number of hydrogen-bond donors (Lipinski definition) is 1. The number of halogens is 1. The molecule has 6 heteroatoms. The van der Waals surface area contributed by atoms with Crippen LogP contribution in [0.5, 0.6) is 0 Å². The Labute approximate surface area is 116 Å². The van der Waals surface area contributed by atoms with Gasteiger partial charge >= 0.3 is 5.97 Å². The molecule has 2 saturated carbocycles. The number of carboxylic acids is 1. The van der Waals surface area contributed by atoms with Crippen LogP contribution >= 0.6 is 0 Å². The molecule has 0 saturated heterocycles. The van der Waals surface area contributed by atoms with Gasteiger partial charge in [-0.1, -0.05) is 6.42 Å². The molecule has 1 spiro atoms. The molecule has 0 aliphatic heterocycles. The Hall–Kier alpha value is -1.43. The molecule has 20 heavy (non-hydrogen) atoms. The summed E-state index contributed by atoms with van der Waals surface area (Å²) >= 11 is 0. The van der Waals surface area contributed by atoms with Crippen LogP contribution in [0.2, 0.25) is 0 Å². The van der Waals surface area contributed by atoms with Gasteiger partial charge in [-0.2, -0.15) is 0 Å². The molecule has 0 heterocycles. The maximum atomic E-state index is 12.9. The third-order valence-electron chi connectivity index (χ3n) is 4.76. The molecule has 1 aromatic carbocycles. The zero-order valence-corrected chi connectivity index (χ0v) is 11.6. The lowest BCUT2D eigenvalue weighted by molar-refractivity contribution is -0.150. The van der Waals surface area contributed by atoms with E-state index in [4.69, 9.17) is 0 Å². The number of aliphatic carboxylic acids is 1. The molecule has 1 aromatic rings. The molecule has 0 unspecified atom stereocenters. The highest BCUT2D eigenvalue weighted by Crippen LogP contribution is 2.63. The first kappa shape index (κ1) is 13.5. The molecule has 2 fully saturated rings. The lowest BCUT2D eigenvalue weighted by Crippen LogP contribution is -2.63. The van der Waals surface area contributed by atoms with Crippen molar-refractivity contribution in [2.24, 2.45) is 5.41 Å².